The van der Waals surface area contributed by atoms with Gasteiger partial charge >= 0.3 is 5.97 Å². The minimum atomic E-state index is -0.725. The fourth-order valence-corrected chi connectivity index (χ4v) is 4.77. The normalized spacial score (nSPS) is 17.9. The van der Waals surface area contributed by atoms with E-state index in [1.165, 1.54) is 12.1 Å². The van der Waals surface area contributed by atoms with Gasteiger partial charge in [0.2, 0.25) is 0 Å². The number of likely N-dealkylation sites (tertiary alicyclic amines) is 1. The molecule has 0 amide bonds. The second-order valence-electron chi connectivity index (χ2n) is 8.99. The number of β-amino-alcohol motifs (C(OH)–C–C–N with tert-alkyl or cyclic N) is 1. The first-order chi connectivity index (χ1) is 16.8. The summed E-state index contributed by atoms with van der Waals surface area (Å²) in [5, 5.41) is 10.8. The van der Waals surface area contributed by atoms with Crippen molar-refractivity contribution in [1.29, 1.82) is 0 Å². The highest BCUT2D eigenvalue weighted by molar-refractivity contribution is 6.30. The number of carbonyl (C=O) groups excluding carboxylic acids is 1. The lowest BCUT2D eigenvalue weighted by Gasteiger charge is -2.27. The molecule has 1 heterocycles. The molecule has 2 unspecified atom stereocenters. The third-order valence-corrected chi connectivity index (χ3v) is 6.72. The summed E-state index contributed by atoms with van der Waals surface area (Å²) in [7, 11) is 0. The summed E-state index contributed by atoms with van der Waals surface area (Å²) in [6.45, 7) is 5.21. The van der Waals surface area contributed by atoms with E-state index >= 15 is 0 Å². The molecule has 0 radical (unpaired) electrons. The average molecular weight is 510 g/mol. The molecule has 192 valence electrons. The lowest BCUT2D eigenvalue weighted by molar-refractivity contribution is -0.143. The predicted octanol–water partition coefficient (Wildman–Crippen LogP) is 5.26. The highest BCUT2D eigenvalue weighted by atomic mass is 35.5. The van der Waals surface area contributed by atoms with Crippen molar-refractivity contribution in [2.45, 2.75) is 64.2 Å². The number of hydrogen-bond donors (Lipinski definition) is 1. The van der Waals surface area contributed by atoms with Crippen LogP contribution in [0.15, 0.2) is 36.4 Å². The van der Waals surface area contributed by atoms with E-state index < -0.39 is 18.0 Å². The number of aliphatic hydroxyl groups is 1. The number of nitrogens with zero attached hydrogens (tertiary/aromatic N) is 1. The van der Waals surface area contributed by atoms with Crippen LogP contribution in [0.2, 0.25) is 5.02 Å². The Balaban J connectivity index is 1.53. The van der Waals surface area contributed by atoms with Crippen LogP contribution in [0.1, 0.15) is 55.9 Å². The van der Waals surface area contributed by atoms with Gasteiger partial charge in [0.15, 0.2) is 0 Å². The standard InChI is InChI=1S/C27H34ClF2NO4/c1-3-34-27(33)12-10-23-22(7-4-8-25(23)29)18(2)35-17-21(32)16-31-13-5-6-20(31)14-19-9-11-24(28)26(30)15-19/h4,7-9,11,15,18,20-21,32H,3,5-6,10,12-14,16-17H2,1-2H3/t18?,20-,21?/m0/s1. The van der Waals surface area contributed by atoms with Crippen molar-refractivity contribution in [3.05, 3.63) is 69.7 Å². The first-order valence-corrected chi connectivity index (χ1v) is 12.6. The van der Waals surface area contributed by atoms with E-state index in [2.05, 4.69) is 4.90 Å². The fraction of sp³-hybridized carbons (Fsp3) is 0.519. The van der Waals surface area contributed by atoms with Crippen molar-refractivity contribution in [2.75, 3.05) is 26.3 Å². The molecule has 2 aromatic carbocycles. The topological polar surface area (TPSA) is 59.0 Å². The van der Waals surface area contributed by atoms with Gasteiger partial charge < -0.3 is 14.6 Å². The molecule has 3 rings (SSSR count). The second-order valence-corrected chi connectivity index (χ2v) is 9.39. The Morgan fingerprint density at radius 3 is 2.80 bits per heavy atom. The number of ether oxygens (including phenoxy) is 2. The lowest BCUT2D eigenvalue weighted by Crippen LogP contribution is -2.39. The first-order valence-electron chi connectivity index (χ1n) is 12.2. The quantitative estimate of drug-likeness (QED) is 0.395. The molecule has 0 spiro atoms. The van der Waals surface area contributed by atoms with E-state index in [0.29, 0.717) is 24.1 Å². The maximum atomic E-state index is 14.5. The summed E-state index contributed by atoms with van der Waals surface area (Å²) in [6, 6.07) is 9.85. The van der Waals surface area contributed by atoms with Gasteiger partial charge in [0.25, 0.3) is 0 Å². The minimum Gasteiger partial charge on any atom is -0.466 e. The minimum absolute atomic E-state index is 0.0883. The van der Waals surface area contributed by atoms with E-state index in [1.54, 1.807) is 25.1 Å². The van der Waals surface area contributed by atoms with Gasteiger partial charge in [-0.05, 0) is 81.0 Å². The summed E-state index contributed by atoms with van der Waals surface area (Å²) >= 11 is 5.79. The zero-order chi connectivity index (χ0) is 25.4. The van der Waals surface area contributed by atoms with Crippen LogP contribution >= 0.6 is 11.6 Å². The largest absolute Gasteiger partial charge is 0.466 e. The van der Waals surface area contributed by atoms with Gasteiger partial charge in [-0.2, -0.15) is 0 Å². The number of esters is 1. The Kier molecular flexibility index (Phi) is 10.5. The zero-order valence-corrected chi connectivity index (χ0v) is 21.1. The number of benzene rings is 2. The smallest absolute Gasteiger partial charge is 0.306 e. The molecular weight excluding hydrogens is 476 g/mol. The van der Waals surface area contributed by atoms with Crippen molar-refractivity contribution >= 4 is 17.6 Å². The van der Waals surface area contributed by atoms with Crippen LogP contribution in [0.3, 0.4) is 0 Å². The molecule has 35 heavy (non-hydrogen) atoms. The third kappa shape index (κ3) is 7.97. The zero-order valence-electron chi connectivity index (χ0n) is 20.3. The second kappa shape index (κ2) is 13.3. The van der Waals surface area contributed by atoms with Crippen LogP contribution in [0.25, 0.3) is 0 Å². The SMILES string of the molecule is CCOC(=O)CCc1c(F)cccc1C(C)OCC(O)CN1CCC[C@H]1Cc1ccc(Cl)c(F)c1. The molecule has 0 saturated carbocycles. The van der Waals surface area contributed by atoms with E-state index in [9.17, 15) is 18.7 Å². The van der Waals surface area contributed by atoms with Crippen LogP contribution in [-0.4, -0.2) is 54.4 Å². The van der Waals surface area contributed by atoms with Crippen molar-refractivity contribution in [3.8, 4) is 0 Å². The van der Waals surface area contributed by atoms with Gasteiger partial charge in [0.05, 0.1) is 30.4 Å². The summed E-state index contributed by atoms with van der Waals surface area (Å²) in [6.07, 6.45) is 1.80. The van der Waals surface area contributed by atoms with Crippen LogP contribution in [-0.2, 0) is 27.1 Å². The summed E-state index contributed by atoms with van der Waals surface area (Å²) in [5.41, 5.74) is 1.97. The van der Waals surface area contributed by atoms with Gasteiger partial charge in [-0.25, -0.2) is 8.78 Å². The number of carbonyl (C=O) groups is 1. The number of halogens is 3. The molecule has 3 atom stereocenters. The van der Waals surface area contributed by atoms with Crippen molar-refractivity contribution in [3.63, 3.8) is 0 Å². The summed E-state index contributed by atoms with van der Waals surface area (Å²) in [5.74, 6) is -1.18. The third-order valence-electron chi connectivity index (χ3n) is 6.42. The van der Waals surface area contributed by atoms with Gasteiger partial charge in [-0.15, -0.1) is 0 Å². The molecule has 0 aliphatic carbocycles. The molecule has 1 aliphatic heterocycles. The van der Waals surface area contributed by atoms with Gasteiger partial charge in [0.1, 0.15) is 11.6 Å². The van der Waals surface area contributed by atoms with E-state index in [-0.39, 0.29) is 48.9 Å². The summed E-state index contributed by atoms with van der Waals surface area (Å²) in [4.78, 5) is 13.9. The molecule has 1 aliphatic rings. The van der Waals surface area contributed by atoms with E-state index in [1.807, 2.05) is 13.0 Å². The Labute approximate surface area is 211 Å². The average Bonchev–Trinajstić information content (AvgIpc) is 3.25. The van der Waals surface area contributed by atoms with Gasteiger partial charge in [-0.1, -0.05) is 29.8 Å². The monoisotopic (exact) mass is 509 g/mol. The van der Waals surface area contributed by atoms with Crippen LogP contribution in [0.5, 0.6) is 0 Å². The molecule has 8 heteroatoms. The number of rotatable bonds is 12. The Morgan fingerprint density at radius 2 is 2.06 bits per heavy atom. The molecular formula is C27H34ClF2NO4. The van der Waals surface area contributed by atoms with Crippen molar-refractivity contribution in [1.82, 2.24) is 4.90 Å². The molecule has 0 aromatic heterocycles. The van der Waals surface area contributed by atoms with Crippen LogP contribution in [0.4, 0.5) is 8.78 Å². The highest BCUT2D eigenvalue weighted by Gasteiger charge is 2.27. The van der Waals surface area contributed by atoms with Gasteiger partial charge in [0, 0.05) is 19.0 Å². The number of hydrogen-bond acceptors (Lipinski definition) is 5. The lowest BCUT2D eigenvalue weighted by atomic mass is 9.98. The molecule has 5 nitrogen and oxygen atoms in total. The predicted molar refractivity (Wildman–Crippen MR) is 131 cm³/mol. The van der Waals surface area contributed by atoms with Crippen molar-refractivity contribution < 1.29 is 28.2 Å². The Bertz CT molecular complexity index is 990. The Hall–Kier alpha value is -2.06. The molecule has 1 saturated heterocycles. The van der Waals surface area contributed by atoms with Crippen LogP contribution in [0, 0.1) is 11.6 Å². The maximum Gasteiger partial charge on any atom is 0.306 e. The fourth-order valence-electron chi connectivity index (χ4n) is 4.65. The Morgan fingerprint density at radius 1 is 1.26 bits per heavy atom. The van der Waals surface area contributed by atoms with E-state index in [4.69, 9.17) is 21.1 Å². The van der Waals surface area contributed by atoms with Crippen LogP contribution < -0.4 is 0 Å². The molecule has 1 N–H and O–H groups in total. The summed E-state index contributed by atoms with van der Waals surface area (Å²) < 4.78 is 39.2. The number of aliphatic hydroxyl groups excluding tert-OH is 1. The maximum absolute atomic E-state index is 14.5. The molecule has 0 bridgehead atoms. The highest BCUT2D eigenvalue weighted by Crippen LogP contribution is 2.26. The molecule has 1 fully saturated rings. The molecule has 2 aromatic rings. The van der Waals surface area contributed by atoms with Crippen molar-refractivity contribution in [2.24, 2.45) is 0 Å². The van der Waals surface area contributed by atoms with E-state index in [0.717, 1.165) is 24.9 Å². The first kappa shape index (κ1) is 27.5. The van der Waals surface area contributed by atoms with Gasteiger partial charge in [-0.3, -0.25) is 9.69 Å².